The third-order valence-electron chi connectivity index (χ3n) is 3.72. The van der Waals surface area contributed by atoms with E-state index in [-0.39, 0.29) is 24.1 Å². The van der Waals surface area contributed by atoms with E-state index in [1.807, 2.05) is 0 Å². The number of allylic oxidation sites excluding steroid dienone is 6. The summed E-state index contributed by atoms with van der Waals surface area (Å²) in [5, 5.41) is 0. The summed E-state index contributed by atoms with van der Waals surface area (Å²) < 4.78 is 77.3. The largest absolute Gasteiger partial charge is 0.406 e. The number of hydrogen-bond acceptors (Lipinski definition) is 1. The lowest BCUT2D eigenvalue weighted by atomic mass is 9.78. The van der Waals surface area contributed by atoms with Gasteiger partial charge in [0.25, 0.3) is 0 Å². The van der Waals surface area contributed by atoms with Crippen LogP contribution in [0, 0.1) is 5.41 Å². The van der Waals surface area contributed by atoms with Gasteiger partial charge in [0, 0.05) is 5.56 Å². The molecule has 0 saturated heterocycles. The molecule has 0 saturated carbocycles. The summed E-state index contributed by atoms with van der Waals surface area (Å²) in [4.78, 5) is 11.8. The van der Waals surface area contributed by atoms with Gasteiger partial charge in [0.1, 0.15) is 0 Å². The molecule has 0 radical (unpaired) electrons. The van der Waals surface area contributed by atoms with Crippen LogP contribution in [0.3, 0.4) is 0 Å². The maximum absolute atomic E-state index is 12.9. The van der Waals surface area contributed by atoms with Crippen LogP contribution < -0.4 is 0 Å². The van der Waals surface area contributed by atoms with Gasteiger partial charge in [-0.1, -0.05) is 54.6 Å². The zero-order valence-corrected chi connectivity index (χ0v) is 13.4. The molecule has 0 N–H and O–H groups in total. The first kappa shape index (κ1) is 21.0. The van der Waals surface area contributed by atoms with Crippen LogP contribution in [-0.2, 0) is 0 Å². The molecule has 1 aliphatic rings. The zero-order chi connectivity index (χ0) is 18.0. The van der Waals surface area contributed by atoms with Gasteiger partial charge in [-0.25, -0.2) is 0 Å². The average Bonchev–Trinajstić information content (AvgIpc) is 2.51. The van der Waals surface area contributed by atoms with Crippen molar-refractivity contribution in [1.29, 1.82) is 0 Å². The Balaban J connectivity index is 0.00000312. The first-order valence-corrected chi connectivity index (χ1v) is 6.87. The standard InChI is InChI=1S/C17H12F6O.ClH/c18-16(19,20)15(17(21,22)23)10-8-12(9-11-15)6-7-14(24)13-4-2-1-3-5-13;/h1-10H,11H2;1H. The summed E-state index contributed by atoms with van der Waals surface area (Å²) in [6, 6.07) is 8.09. The highest BCUT2D eigenvalue weighted by molar-refractivity contribution is 6.04. The molecular weight excluding hydrogens is 370 g/mol. The van der Waals surface area contributed by atoms with Gasteiger partial charge in [-0.15, -0.1) is 12.4 Å². The number of carbonyl (C=O) groups is 1. The van der Waals surface area contributed by atoms with E-state index in [1.165, 1.54) is 6.08 Å². The van der Waals surface area contributed by atoms with Crippen molar-refractivity contribution in [2.45, 2.75) is 18.8 Å². The fourth-order valence-electron chi connectivity index (χ4n) is 2.23. The third-order valence-corrected chi connectivity index (χ3v) is 3.72. The minimum atomic E-state index is -5.45. The van der Waals surface area contributed by atoms with Crippen LogP contribution in [0.2, 0.25) is 0 Å². The molecule has 0 bridgehead atoms. The molecule has 0 atom stereocenters. The third kappa shape index (κ3) is 4.34. The maximum Gasteiger partial charge on any atom is 0.406 e. The van der Waals surface area contributed by atoms with Crippen molar-refractivity contribution in [3.8, 4) is 0 Å². The molecule has 1 aromatic rings. The molecule has 1 nitrogen and oxygen atoms in total. The van der Waals surface area contributed by atoms with E-state index in [0.717, 1.165) is 18.2 Å². The number of ketones is 1. The summed E-state index contributed by atoms with van der Waals surface area (Å²) >= 11 is 0. The number of halogens is 7. The van der Waals surface area contributed by atoms with E-state index in [9.17, 15) is 31.1 Å². The van der Waals surface area contributed by atoms with Gasteiger partial charge in [-0.2, -0.15) is 26.3 Å². The summed E-state index contributed by atoms with van der Waals surface area (Å²) in [5.41, 5.74) is -3.40. The average molecular weight is 383 g/mol. The van der Waals surface area contributed by atoms with E-state index in [2.05, 4.69) is 0 Å². The van der Waals surface area contributed by atoms with Gasteiger partial charge in [0.15, 0.2) is 11.2 Å². The monoisotopic (exact) mass is 382 g/mol. The molecule has 0 heterocycles. The summed E-state index contributed by atoms with van der Waals surface area (Å²) in [6.45, 7) is 0. The smallest absolute Gasteiger partial charge is 0.289 e. The maximum atomic E-state index is 12.9. The molecular formula is C17H13ClF6O. The molecule has 0 amide bonds. The van der Waals surface area contributed by atoms with Gasteiger partial charge in [0.05, 0.1) is 0 Å². The molecule has 0 fully saturated rings. The Hall–Kier alpha value is -2.02. The summed E-state index contributed by atoms with van der Waals surface area (Å²) in [5.74, 6) is -0.395. The highest BCUT2D eigenvalue weighted by atomic mass is 35.5. The minimum absolute atomic E-state index is 0. The normalized spacial score (nSPS) is 17.1. The number of hydrogen-bond donors (Lipinski definition) is 0. The molecule has 0 aromatic heterocycles. The van der Waals surface area contributed by atoms with E-state index < -0.39 is 30.0 Å². The number of rotatable bonds is 3. The predicted molar refractivity (Wildman–Crippen MR) is 83.5 cm³/mol. The quantitative estimate of drug-likeness (QED) is 0.364. The Bertz CT molecular complexity index is 684. The van der Waals surface area contributed by atoms with Crippen LogP contribution in [0.4, 0.5) is 26.3 Å². The van der Waals surface area contributed by atoms with E-state index in [0.29, 0.717) is 5.56 Å². The van der Waals surface area contributed by atoms with Crippen molar-refractivity contribution in [1.82, 2.24) is 0 Å². The zero-order valence-electron chi connectivity index (χ0n) is 12.6. The minimum Gasteiger partial charge on any atom is -0.289 e. The number of alkyl halides is 6. The van der Waals surface area contributed by atoms with E-state index in [4.69, 9.17) is 0 Å². The lowest BCUT2D eigenvalue weighted by molar-refractivity contribution is -0.320. The fraction of sp³-hybridized carbons (Fsp3) is 0.235. The highest BCUT2D eigenvalue weighted by Crippen LogP contribution is 2.55. The Morgan fingerprint density at radius 2 is 1.56 bits per heavy atom. The first-order chi connectivity index (χ1) is 11.1. The predicted octanol–water partition coefficient (Wildman–Crippen LogP) is 5.84. The molecule has 0 spiro atoms. The molecule has 0 aliphatic heterocycles. The van der Waals surface area contributed by atoms with Crippen molar-refractivity contribution >= 4 is 18.2 Å². The van der Waals surface area contributed by atoms with E-state index in [1.54, 1.807) is 30.3 Å². The Morgan fingerprint density at radius 3 is 2.00 bits per heavy atom. The van der Waals surface area contributed by atoms with Crippen molar-refractivity contribution in [2.75, 3.05) is 0 Å². The Morgan fingerprint density at radius 1 is 1.00 bits per heavy atom. The molecule has 8 heteroatoms. The topological polar surface area (TPSA) is 17.1 Å². The van der Waals surface area contributed by atoms with Crippen molar-refractivity contribution in [3.63, 3.8) is 0 Å². The van der Waals surface area contributed by atoms with Gasteiger partial charge < -0.3 is 0 Å². The number of benzene rings is 1. The Labute approximate surface area is 146 Å². The lowest BCUT2D eigenvalue weighted by Gasteiger charge is -2.35. The fourth-order valence-corrected chi connectivity index (χ4v) is 2.23. The first-order valence-electron chi connectivity index (χ1n) is 6.87. The van der Waals surface area contributed by atoms with Crippen LogP contribution in [-0.4, -0.2) is 18.1 Å². The molecule has 1 aromatic carbocycles. The number of carbonyl (C=O) groups excluding carboxylic acids is 1. The highest BCUT2D eigenvalue weighted by Gasteiger charge is 2.68. The van der Waals surface area contributed by atoms with Crippen molar-refractivity contribution in [2.24, 2.45) is 5.41 Å². The second-order valence-corrected chi connectivity index (χ2v) is 5.27. The van der Waals surface area contributed by atoms with Crippen molar-refractivity contribution in [3.05, 3.63) is 71.8 Å². The molecule has 1 aliphatic carbocycles. The summed E-state index contributed by atoms with van der Waals surface area (Å²) in [7, 11) is 0. The van der Waals surface area contributed by atoms with Gasteiger partial charge in [-0.05, 0) is 18.1 Å². The van der Waals surface area contributed by atoms with Gasteiger partial charge in [0.2, 0.25) is 0 Å². The van der Waals surface area contributed by atoms with Gasteiger partial charge in [-0.3, -0.25) is 4.79 Å². The van der Waals surface area contributed by atoms with E-state index >= 15 is 0 Å². The summed E-state index contributed by atoms with van der Waals surface area (Å²) in [6.07, 6.45) is -8.17. The van der Waals surface area contributed by atoms with Crippen LogP contribution in [0.5, 0.6) is 0 Å². The lowest BCUT2D eigenvalue weighted by Crippen LogP contribution is -2.48. The second-order valence-electron chi connectivity index (χ2n) is 5.27. The molecule has 2 rings (SSSR count). The molecule has 136 valence electrons. The van der Waals surface area contributed by atoms with Crippen LogP contribution in [0.1, 0.15) is 16.8 Å². The molecule has 25 heavy (non-hydrogen) atoms. The molecule has 0 unspecified atom stereocenters. The Kier molecular flexibility index (Phi) is 6.28. The van der Waals surface area contributed by atoms with Crippen molar-refractivity contribution < 1.29 is 31.1 Å². The second kappa shape index (κ2) is 7.47. The van der Waals surface area contributed by atoms with Crippen LogP contribution in [0.25, 0.3) is 0 Å². The van der Waals surface area contributed by atoms with Crippen LogP contribution >= 0.6 is 12.4 Å². The van der Waals surface area contributed by atoms with Crippen LogP contribution in [0.15, 0.2) is 66.3 Å². The SMILES string of the molecule is Cl.O=C(C=CC1=CCC(C(F)(F)F)(C(F)(F)F)C=C1)c1ccccc1. The van der Waals surface area contributed by atoms with Gasteiger partial charge >= 0.3 is 12.4 Å².